The molecule has 0 aliphatic heterocycles. The van der Waals surface area contributed by atoms with Crippen LogP contribution in [-0.2, 0) is 16.1 Å². The molecule has 0 bridgehead atoms. The summed E-state index contributed by atoms with van der Waals surface area (Å²) in [4.78, 5) is 12.5. The molecule has 1 saturated carbocycles. The molecule has 1 aromatic heterocycles. The predicted molar refractivity (Wildman–Crippen MR) is 111 cm³/mol. The van der Waals surface area contributed by atoms with Gasteiger partial charge in [0.25, 0.3) is 0 Å². The Morgan fingerprint density at radius 3 is 2.72 bits per heavy atom. The molecule has 2 nitrogen and oxygen atoms in total. The highest BCUT2D eigenvalue weighted by molar-refractivity contribution is 9.28. The molecule has 1 fully saturated rings. The van der Waals surface area contributed by atoms with Crippen molar-refractivity contribution in [1.29, 1.82) is 0 Å². The molecular weight excluding hydrogens is 464 g/mol. The zero-order valence-corrected chi connectivity index (χ0v) is 18.4. The fraction of sp³-hybridized carbons (Fsp3) is 0.350. The summed E-state index contributed by atoms with van der Waals surface area (Å²) < 4.78 is 6.54. The lowest BCUT2D eigenvalue weighted by Gasteiger charge is -2.11. The molecule has 0 spiro atoms. The average molecular weight is 484 g/mol. The van der Waals surface area contributed by atoms with E-state index in [2.05, 4.69) is 75.5 Å². The number of halogens is 2. The lowest BCUT2D eigenvalue weighted by molar-refractivity contribution is -0.147. The van der Waals surface area contributed by atoms with Gasteiger partial charge in [-0.2, -0.15) is 11.3 Å². The number of hydrogen-bond donors (Lipinski definition) is 0. The van der Waals surface area contributed by atoms with Gasteiger partial charge in [-0.05, 0) is 89.2 Å². The Kier molecular flexibility index (Phi) is 5.57. The molecule has 0 radical (unpaired) electrons. The van der Waals surface area contributed by atoms with Crippen LogP contribution in [0.15, 0.2) is 44.5 Å². The van der Waals surface area contributed by atoms with E-state index in [4.69, 9.17) is 4.74 Å². The van der Waals surface area contributed by atoms with Gasteiger partial charge in [0, 0.05) is 0 Å². The number of hydrogen-bond acceptors (Lipinski definition) is 3. The van der Waals surface area contributed by atoms with Crippen molar-refractivity contribution in [2.75, 3.05) is 0 Å². The van der Waals surface area contributed by atoms with Gasteiger partial charge in [-0.3, -0.25) is 4.79 Å². The van der Waals surface area contributed by atoms with Gasteiger partial charge in [0.05, 0.1) is 9.31 Å². The van der Waals surface area contributed by atoms with Gasteiger partial charge >= 0.3 is 5.97 Å². The van der Waals surface area contributed by atoms with Crippen molar-refractivity contribution in [1.82, 2.24) is 0 Å². The predicted octanol–water partition coefficient (Wildman–Crippen LogP) is 6.67. The largest absolute Gasteiger partial charge is 0.461 e. The molecule has 2 atom stereocenters. The van der Waals surface area contributed by atoms with Crippen LogP contribution >= 0.6 is 43.2 Å². The summed E-state index contributed by atoms with van der Waals surface area (Å²) in [5.74, 6) is -0.00205. The third-order valence-electron chi connectivity index (χ3n) is 5.12. The Hall–Kier alpha value is -0.910. The summed E-state index contributed by atoms with van der Waals surface area (Å²) in [6.45, 7) is 6.61. The fourth-order valence-corrected chi connectivity index (χ4v) is 4.61. The maximum absolute atomic E-state index is 12.5. The van der Waals surface area contributed by atoms with Gasteiger partial charge in [-0.25, -0.2) is 0 Å². The van der Waals surface area contributed by atoms with E-state index in [1.165, 1.54) is 16.7 Å². The van der Waals surface area contributed by atoms with Crippen LogP contribution in [0.1, 0.15) is 25.0 Å². The lowest BCUT2D eigenvalue weighted by Crippen LogP contribution is -2.11. The number of benzene rings is 1. The van der Waals surface area contributed by atoms with Crippen molar-refractivity contribution in [3.05, 3.63) is 55.6 Å². The summed E-state index contributed by atoms with van der Waals surface area (Å²) in [7, 11) is 0. The highest BCUT2D eigenvalue weighted by Gasteiger charge is 2.61. The Morgan fingerprint density at radius 1 is 1.32 bits per heavy atom. The Bertz CT molecular complexity index is 805. The summed E-state index contributed by atoms with van der Waals surface area (Å²) >= 11 is 8.45. The van der Waals surface area contributed by atoms with E-state index in [0.717, 1.165) is 8.96 Å². The van der Waals surface area contributed by atoms with E-state index in [0.29, 0.717) is 6.61 Å². The molecule has 132 valence electrons. The summed E-state index contributed by atoms with van der Waals surface area (Å²) in [5.41, 5.74) is 4.59. The fourth-order valence-electron chi connectivity index (χ4n) is 3.38. The van der Waals surface area contributed by atoms with Gasteiger partial charge in [-0.1, -0.05) is 38.1 Å². The van der Waals surface area contributed by atoms with Crippen LogP contribution in [-0.4, -0.2) is 5.97 Å². The van der Waals surface area contributed by atoms with Crippen LogP contribution in [0.4, 0.5) is 0 Å². The van der Waals surface area contributed by atoms with Gasteiger partial charge < -0.3 is 4.74 Å². The van der Waals surface area contributed by atoms with Crippen molar-refractivity contribution in [3.63, 3.8) is 0 Å². The molecular formula is C20H20Br2O2S. The minimum atomic E-state index is -0.118. The van der Waals surface area contributed by atoms with E-state index in [9.17, 15) is 4.79 Å². The maximum atomic E-state index is 12.5. The zero-order chi connectivity index (χ0) is 18.2. The number of esters is 1. The third kappa shape index (κ3) is 3.93. The highest BCUT2D eigenvalue weighted by atomic mass is 79.9. The van der Waals surface area contributed by atoms with Crippen molar-refractivity contribution in [2.45, 2.75) is 27.4 Å². The van der Waals surface area contributed by atoms with Crippen molar-refractivity contribution >= 4 is 49.2 Å². The molecule has 0 N–H and O–H groups in total. The van der Waals surface area contributed by atoms with Crippen LogP contribution < -0.4 is 0 Å². The Labute approximate surface area is 169 Å². The quantitative estimate of drug-likeness (QED) is 0.444. The number of allylic oxidation sites excluding steroid dienone is 1. The second-order valence-corrected chi connectivity index (χ2v) is 10.5. The molecule has 25 heavy (non-hydrogen) atoms. The van der Waals surface area contributed by atoms with Crippen LogP contribution in [0.25, 0.3) is 11.1 Å². The molecule has 1 aliphatic rings. The van der Waals surface area contributed by atoms with Gasteiger partial charge in [0.1, 0.15) is 6.61 Å². The second kappa shape index (κ2) is 7.37. The molecule has 0 saturated heterocycles. The first kappa shape index (κ1) is 18.9. The molecule has 3 rings (SSSR count). The van der Waals surface area contributed by atoms with E-state index in [1.807, 2.05) is 18.2 Å². The van der Waals surface area contributed by atoms with E-state index >= 15 is 0 Å². The monoisotopic (exact) mass is 482 g/mol. The van der Waals surface area contributed by atoms with Crippen LogP contribution in [0, 0.1) is 24.2 Å². The van der Waals surface area contributed by atoms with Gasteiger partial charge in [0.2, 0.25) is 0 Å². The zero-order valence-electron chi connectivity index (χ0n) is 14.4. The van der Waals surface area contributed by atoms with Crippen molar-refractivity contribution < 1.29 is 9.53 Å². The number of ether oxygens (including phenoxy) is 1. The molecule has 2 aromatic rings. The minimum Gasteiger partial charge on any atom is -0.461 e. The molecule has 1 aromatic carbocycles. The van der Waals surface area contributed by atoms with Crippen molar-refractivity contribution in [2.24, 2.45) is 17.3 Å². The minimum absolute atomic E-state index is 0.0581. The third-order valence-corrected chi connectivity index (χ3v) is 6.33. The normalized spacial score (nSPS) is 20.8. The lowest BCUT2D eigenvalue weighted by atomic mass is 9.99. The average Bonchev–Trinajstić information content (AvgIpc) is 2.93. The van der Waals surface area contributed by atoms with E-state index in [1.54, 1.807) is 11.3 Å². The maximum Gasteiger partial charge on any atom is 0.310 e. The van der Waals surface area contributed by atoms with Crippen LogP contribution in [0.5, 0.6) is 0 Å². The molecule has 0 unspecified atom stereocenters. The SMILES string of the molecule is Cc1c(COC(=O)[C@@H]2[C@H](C=C(Br)Br)C2(C)C)cccc1-c1ccsc1. The number of carbonyl (C=O) groups excluding carboxylic acids is 1. The number of rotatable bonds is 5. The Balaban J connectivity index is 1.70. The summed E-state index contributed by atoms with van der Waals surface area (Å²) in [5, 5.41) is 4.21. The number of carbonyl (C=O) groups is 1. The highest BCUT2D eigenvalue weighted by Crippen LogP contribution is 2.60. The van der Waals surface area contributed by atoms with Gasteiger partial charge in [0.15, 0.2) is 0 Å². The standard InChI is InChI=1S/C20H20Br2O2S/c1-12-13(5-4-6-15(12)14-7-8-25-11-14)10-24-19(23)18-16(9-17(21)22)20(18,2)3/h4-9,11,16,18H,10H2,1-3H3/t16-,18-/m0/s1. The molecule has 1 aliphatic carbocycles. The first-order chi connectivity index (χ1) is 11.8. The summed E-state index contributed by atoms with van der Waals surface area (Å²) in [6.07, 6.45) is 2.04. The van der Waals surface area contributed by atoms with E-state index < -0.39 is 0 Å². The van der Waals surface area contributed by atoms with Crippen molar-refractivity contribution in [3.8, 4) is 11.1 Å². The smallest absolute Gasteiger partial charge is 0.310 e. The molecule has 0 amide bonds. The first-order valence-electron chi connectivity index (χ1n) is 8.13. The first-order valence-corrected chi connectivity index (χ1v) is 10.7. The second-order valence-electron chi connectivity index (χ2n) is 6.99. The molecule has 5 heteroatoms. The Morgan fingerprint density at radius 2 is 2.08 bits per heavy atom. The number of thiophene rings is 1. The van der Waals surface area contributed by atoms with E-state index in [-0.39, 0.29) is 23.2 Å². The van der Waals surface area contributed by atoms with Crippen LogP contribution in [0.3, 0.4) is 0 Å². The topological polar surface area (TPSA) is 26.3 Å². The van der Waals surface area contributed by atoms with Crippen LogP contribution in [0.2, 0.25) is 0 Å². The van der Waals surface area contributed by atoms with Gasteiger partial charge in [-0.15, -0.1) is 0 Å². The summed E-state index contributed by atoms with van der Waals surface area (Å²) in [6, 6.07) is 8.28. The molecule has 1 heterocycles.